The molecule has 0 saturated carbocycles. The third-order valence-corrected chi connectivity index (χ3v) is 5.90. The third kappa shape index (κ3) is 7.30. The van der Waals surface area contributed by atoms with Crippen LogP contribution < -0.4 is 10.1 Å². The zero-order valence-corrected chi connectivity index (χ0v) is 16.4. The molecule has 1 heterocycles. The number of rotatable bonds is 7. The maximum Gasteiger partial charge on any atom is 0.387 e. The van der Waals surface area contributed by atoms with Crippen LogP contribution in [0.2, 0.25) is 0 Å². The minimum atomic E-state index is -2.86. The lowest BCUT2D eigenvalue weighted by Gasteiger charge is -2.28. The molecule has 0 aliphatic carbocycles. The van der Waals surface area contributed by atoms with Gasteiger partial charge in [-0.05, 0) is 17.7 Å². The fourth-order valence-electron chi connectivity index (χ4n) is 2.81. The largest absolute Gasteiger partial charge is 0.435 e. The van der Waals surface area contributed by atoms with E-state index in [2.05, 4.69) is 19.9 Å². The Bertz CT molecular complexity index is 712. The minimum absolute atomic E-state index is 0.127. The Morgan fingerprint density at radius 1 is 1.30 bits per heavy atom. The van der Waals surface area contributed by atoms with Crippen LogP contribution in [0.5, 0.6) is 5.75 Å². The zero-order valence-electron chi connectivity index (χ0n) is 15.6. The smallest absolute Gasteiger partial charge is 0.387 e. The normalized spacial score (nSPS) is 17.7. The number of guanidine groups is 1. The molecule has 0 bridgehead atoms. The van der Waals surface area contributed by atoms with E-state index >= 15 is 0 Å². The summed E-state index contributed by atoms with van der Waals surface area (Å²) in [6, 6.07) is 6.48. The van der Waals surface area contributed by atoms with Crippen LogP contribution in [0.15, 0.2) is 29.3 Å². The van der Waals surface area contributed by atoms with E-state index in [0.717, 1.165) is 12.1 Å². The summed E-state index contributed by atoms with van der Waals surface area (Å²) in [4.78, 5) is 8.27. The van der Waals surface area contributed by atoms with Gasteiger partial charge in [0.15, 0.2) is 15.8 Å². The molecule has 0 radical (unpaired) electrons. The lowest BCUT2D eigenvalue weighted by atomic mass is 10.2. The van der Waals surface area contributed by atoms with Crippen molar-refractivity contribution in [3.8, 4) is 5.75 Å². The van der Waals surface area contributed by atoms with E-state index in [4.69, 9.17) is 0 Å². The number of aliphatic imine (C=N–C) groups is 1. The van der Waals surface area contributed by atoms with Gasteiger partial charge >= 0.3 is 6.61 Å². The molecule has 1 aliphatic heterocycles. The molecule has 1 aromatic carbocycles. The molecule has 0 unspecified atom stereocenters. The van der Waals surface area contributed by atoms with Gasteiger partial charge in [0.2, 0.25) is 0 Å². The number of ether oxygens (including phenoxy) is 1. The molecule has 152 valence electrons. The lowest BCUT2D eigenvalue weighted by molar-refractivity contribution is -0.0498. The van der Waals surface area contributed by atoms with E-state index < -0.39 is 16.4 Å². The highest BCUT2D eigenvalue weighted by Crippen LogP contribution is 2.15. The highest BCUT2D eigenvalue weighted by molar-refractivity contribution is 7.91. The topological polar surface area (TPSA) is 74.2 Å². The van der Waals surface area contributed by atoms with Crippen molar-refractivity contribution in [2.75, 3.05) is 51.8 Å². The molecule has 1 fully saturated rings. The third-order valence-electron chi connectivity index (χ3n) is 4.29. The molecule has 1 N–H and O–H groups in total. The molecule has 0 aromatic heterocycles. The number of hydrogen-bond acceptors (Lipinski definition) is 5. The predicted molar refractivity (Wildman–Crippen MR) is 101 cm³/mol. The fourth-order valence-corrected chi connectivity index (χ4v) is 4.09. The minimum Gasteiger partial charge on any atom is -0.435 e. The molecule has 7 nitrogen and oxygen atoms in total. The highest BCUT2D eigenvalue weighted by Gasteiger charge is 2.21. The van der Waals surface area contributed by atoms with E-state index in [0.29, 0.717) is 32.1 Å². The number of nitrogens with one attached hydrogen (secondary N) is 1. The molecular weight excluding hydrogens is 378 g/mol. The summed E-state index contributed by atoms with van der Waals surface area (Å²) in [5, 5.41) is 3.26. The number of sulfone groups is 1. The Hall–Kier alpha value is -1.94. The highest BCUT2D eigenvalue weighted by atomic mass is 32.2. The van der Waals surface area contributed by atoms with Gasteiger partial charge in [0.1, 0.15) is 5.75 Å². The van der Waals surface area contributed by atoms with Gasteiger partial charge in [-0.25, -0.2) is 8.42 Å². The summed E-state index contributed by atoms with van der Waals surface area (Å²) in [6.45, 7) is 0.231. The predicted octanol–water partition coefficient (Wildman–Crippen LogP) is 1.03. The standard InChI is InChI=1S/C17H26F2N4O3S/c1-20-17(21-7-8-23-9-11-27(24,25)12-10-23)22(2)13-14-3-5-15(6-4-14)26-16(18)19/h3-6,16H,7-13H2,1-2H3,(H,20,21). The van der Waals surface area contributed by atoms with Crippen LogP contribution in [0.25, 0.3) is 0 Å². The molecule has 0 atom stereocenters. The second kappa shape index (κ2) is 9.84. The molecule has 0 spiro atoms. The molecule has 1 aromatic rings. The Balaban J connectivity index is 1.77. The lowest BCUT2D eigenvalue weighted by Crippen LogP contribution is -2.46. The fraction of sp³-hybridized carbons (Fsp3) is 0.588. The van der Waals surface area contributed by atoms with Crippen LogP contribution in [0.3, 0.4) is 0 Å². The van der Waals surface area contributed by atoms with Crippen LogP contribution in [0, 0.1) is 0 Å². The Labute approximate surface area is 158 Å². The molecule has 0 amide bonds. The van der Waals surface area contributed by atoms with Crippen LogP contribution in [0.1, 0.15) is 5.56 Å². The van der Waals surface area contributed by atoms with Crippen molar-refractivity contribution in [3.63, 3.8) is 0 Å². The van der Waals surface area contributed by atoms with Gasteiger partial charge in [0, 0.05) is 46.8 Å². The van der Waals surface area contributed by atoms with E-state index in [1.807, 2.05) is 11.9 Å². The first-order chi connectivity index (χ1) is 12.8. The van der Waals surface area contributed by atoms with Crippen molar-refractivity contribution >= 4 is 15.8 Å². The van der Waals surface area contributed by atoms with E-state index in [1.165, 1.54) is 12.1 Å². The second-order valence-corrected chi connectivity index (χ2v) is 8.65. The van der Waals surface area contributed by atoms with Gasteiger partial charge in [0.05, 0.1) is 11.5 Å². The molecular formula is C17H26F2N4O3S. The second-order valence-electron chi connectivity index (χ2n) is 6.35. The van der Waals surface area contributed by atoms with E-state index in [1.54, 1.807) is 19.2 Å². The quantitative estimate of drug-likeness (QED) is 0.541. The van der Waals surface area contributed by atoms with Crippen molar-refractivity contribution in [1.29, 1.82) is 0 Å². The summed E-state index contributed by atoms with van der Waals surface area (Å²) >= 11 is 0. The molecule has 2 rings (SSSR count). The molecule has 10 heteroatoms. The van der Waals surface area contributed by atoms with Gasteiger partial charge < -0.3 is 15.0 Å². The number of halogens is 2. The summed E-state index contributed by atoms with van der Waals surface area (Å²) < 4.78 is 51.6. The van der Waals surface area contributed by atoms with Crippen molar-refractivity contribution in [2.24, 2.45) is 4.99 Å². The average Bonchev–Trinajstić information content (AvgIpc) is 2.61. The summed E-state index contributed by atoms with van der Waals surface area (Å²) in [5.74, 6) is 1.26. The van der Waals surface area contributed by atoms with Crippen LogP contribution in [0.4, 0.5) is 8.78 Å². The molecule has 1 saturated heterocycles. The van der Waals surface area contributed by atoms with E-state index in [-0.39, 0.29) is 17.3 Å². The Morgan fingerprint density at radius 2 is 1.93 bits per heavy atom. The molecule has 27 heavy (non-hydrogen) atoms. The molecule has 1 aliphatic rings. The van der Waals surface area contributed by atoms with Crippen molar-refractivity contribution < 1.29 is 21.9 Å². The van der Waals surface area contributed by atoms with Crippen LogP contribution in [-0.4, -0.2) is 82.6 Å². The summed E-state index contributed by atoms with van der Waals surface area (Å²) in [6.07, 6.45) is 0. The first-order valence-electron chi connectivity index (χ1n) is 8.67. The number of hydrogen-bond donors (Lipinski definition) is 1. The van der Waals surface area contributed by atoms with Gasteiger partial charge in [-0.1, -0.05) is 12.1 Å². The van der Waals surface area contributed by atoms with Gasteiger partial charge in [0.25, 0.3) is 0 Å². The van der Waals surface area contributed by atoms with Gasteiger partial charge in [-0.3, -0.25) is 9.89 Å². The first-order valence-corrected chi connectivity index (χ1v) is 10.5. The SMILES string of the molecule is CN=C(NCCN1CCS(=O)(=O)CC1)N(C)Cc1ccc(OC(F)F)cc1. The monoisotopic (exact) mass is 404 g/mol. The van der Waals surface area contributed by atoms with E-state index in [9.17, 15) is 17.2 Å². The van der Waals surface area contributed by atoms with Crippen LogP contribution >= 0.6 is 0 Å². The first kappa shape index (κ1) is 21.4. The maximum absolute atomic E-state index is 12.2. The summed E-state index contributed by atoms with van der Waals surface area (Å²) in [5.41, 5.74) is 0.934. The van der Waals surface area contributed by atoms with Gasteiger partial charge in [-0.15, -0.1) is 0 Å². The van der Waals surface area contributed by atoms with Gasteiger partial charge in [-0.2, -0.15) is 8.78 Å². The maximum atomic E-state index is 12.2. The van der Waals surface area contributed by atoms with Crippen LogP contribution in [-0.2, 0) is 16.4 Å². The number of benzene rings is 1. The average molecular weight is 404 g/mol. The van der Waals surface area contributed by atoms with Crippen molar-refractivity contribution in [1.82, 2.24) is 15.1 Å². The Morgan fingerprint density at radius 3 is 2.48 bits per heavy atom. The number of alkyl halides is 2. The van der Waals surface area contributed by atoms with Crippen molar-refractivity contribution in [3.05, 3.63) is 29.8 Å². The number of nitrogens with zero attached hydrogens (tertiary/aromatic N) is 3. The Kier molecular flexibility index (Phi) is 7.78. The summed E-state index contributed by atoms with van der Waals surface area (Å²) in [7, 11) is 0.704. The zero-order chi connectivity index (χ0) is 19.9. The van der Waals surface area contributed by atoms with Crippen molar-refractivity contribution in [2.45, 2.75) is 13.2 Å².